The Labute approximate surface area is 217 Å². The number of nitrogens with two attached hydrogens (primary N) is 1. The smallest absolute Gasteiger partial charge is 0.251 e. The number of nitrogens with zero attached hydrogens (tertiary/aromatic N) is 4. The molecule has 0 bridgehead atoms. The molecule has 11 heteroatoms. The molecule has 0 radical (unpaired) electrons. The van der Waals surface area contributed by atoms with E-state index in [0.717, 1.165) is 18.9 Å². The van der Waals surface area contributed by atoms with Crippen molar-refractivity contribution in [1.29, 1.82) is 5.41 Å². The molecule has 3 N–H and O–H groups in total. The maximum atomic E-state index is 12.5. The highest BCUT2D eigenvalue weighted by atomic mass is 35.5. The van der Waals surface area contributed by atoms with Crippen molar-refractivity contribution in [3.63, 3.8) is 0 Å². The lowest BCUT2D eigenvalue weighted by atomic mass is 9.73. The molecule has 0 saturated carbocycles. The van der Waals surface area contributed by atoms with E-state index in [4.69, 9.17) is 39.1 Å². The summed E-state index contributed by atoms with van der Waals surface area (Å²) in [5.41, 5.74) is 8.68. The molecule has 2 saturated heterocycles. The van der Waals surface area contributed by atoms with E-state index in [1.54, 1.807) is 29.3 Å². The molecule has 0 atom stereocenters. The Kier molecular flexibility index (Phi) is 6.72. The van der Waals surface area contributed by atoms with Gasteiger partial charge in [-0.3, -0.25) is 15.3 Å². The first kappa shape index (κ1) is 24.7. The maximum Gasteiger partial charge on any atom is 0.251 e. The number of benzene rings is 1. The molecule has 188 valence electrons. The first-order valence-corrected chi connectivity index (χ1v) is 12.1. The first-order valence-electron chi connectivity index (χ1n) is 11.3. The summed E-state index contributed by atoms with van der Waals surface area (Å²) in [5, 5.41) is 9.50. The molecule has 2 aromatic heterocycles. The number of rotatable bonds is 8. The Bertz CT molecular complexity index is 1260. The topological polar surface area (TPSA) is 91.4 Å². The summed E-state index contributed by atoms with van der Waals surface area (Å²) in [6.07, 6.45) is 2.36. The van der Waals surface area contributed by atoms with Crippen molar-refractivity contribution in [3.05, 3.63) is 75.7 Å². The van der Waals surface area contributed by atoms with Crippen molar-refractivity contribution >= 4 is 40.4 Å². The van der Waals surface area contributed by atoms with Crippen LogP contribution in [0.3, 0.4) is 0 Å². The highest BCUT2D eigenvalue weighted by Gasteiger charge is 2.52. The van der Waals surface area contributed by atoms with Crippen LogP contribution >= 0.6 is 23.2 Å². The van der Waals surface area contributed by atoms with E-state index in [1.165, 1.54) is 12.4 Å². The Morgan fingerprint density at radius 1 is 1.08 bits per heavy atom. The average molecular weight is 533 g/mol. The second-order valence-electron chi connectivity index (χ2n) is 9.32. The predicted octanol–water partition coefficient (Wildman–Crippen LogP) is 4.75. The third-order valence-electron chi connectivity index (χ3n) is 6.56. The van der Waals surface area contributed by atoms with Crippen LogP contribution in [0.1, 0.15) is 16.7 Å². The van der Waals surface area contributed by atoms with E-state index >= 15 is 0 Å². The number of aromatic nitrogens is 2. The zero-order valence-electron chi connectivity index (χ0n) is 19.2. The van der Waals surface area contributed by atoms with Gasteiger partial charge < -0.3 is 15.4 Å². The maximum absolute atomic E-state index is 12.5. The van der Waals surface area contributed by atoms with Gasteiger partial charge in [-0.15, -0.1) is 0 Å². The predicted molar refractivity (Wildman–Crippen MR) is 137 cm³/mol. The number of halogens is 4. The molecule has 0 amide bonds. The summed E-state index contributed by atoms with van der Waals surface area (Å²) in [6, 6.07) is 8.82. The molecule has 2 fully saturated rings. The minimum absolute atomic E-state index is 0.0988. The van der Waals surface area contributed by atoms with Crippen molar-refractivity contribution < 1.29 is 13.5 Å². The average Bonchev–Trinajstić information content (AvgIpc) is 2.80. The van der Waals surface area contributed by atoms with E-state index < -0.39 is 6.43 Å². The molecular weight excluding hydrogens is 509 g/mol. The third kappa shape index (κ3) is 4.96. The molecule has 0 unspecified atom stereocenters. The van der Waals surface area contributed by atoms with Crippen LogP contribution in [0.25, 0.3) is 0 Å². The van der Waals surface area contributed by atoms with Crippen molar-refractivity contribution in [2.45, 2.75) is 13.0 Å². The first-order chi connectivity index (χ1) is 17.2. The normalized spacial score (nSPS) is 16.6. The van der Waals surface area contributed by atoms with Crippen molar-refractivity contribution in [1.82, 2.24) is 14.9 Å². The van der Waals surface area contributed by atoms with Crippen LogP contribution in [-0.2, 0) is 6.61 Å². The van der Waals surface area contributed by atoms with Crippen LogP contribution in [0, 0.1) is 10.8 Å². The van der Waals surface area contributed by atoms with E-state index in [-0.39, 0.29) is 24.3 Å². The number of nitrogens with one attached hydrogen (secondary N) is 1. The molecule has 0 aliphatic carbocycles. The Balaban J connectivity index is 1.22. The van der Waals surface area contributed by atoms with Crippen molar-refractivity contribution in [3.8, 4) is 5.75 Å². The van der Waals surface area contributed by atoms with Crippen molar-refractivity contribution in [2.75, 3.05) is 43.4 Å². The highest BCUT2D eigenvalue weighted by Crippen LogP contribution is 2.41. The van der Waals surface area contributed by atoms with Gasteiger partial charge in [-0.05, 0) is 30.3 Å². The molecule has 1 spiro atoms. The van der Waals surface area contributed by atoms with Gasteiger partial charge in [0, 0.05) is 72.6 Å². The Morgan fingerprint density at radius 3 is 2.44 bits per heavy atom. The number of anilines is 2. The lowest BCUT2D eigenvalue weighted by Gasteiger charge is -2.60. The number of hydrogen-bond acceptors (Lipinski definition) is 7. The van der Waals surface area contributed by atoms with Crippen LogP contribution in [-0.4, -0.2) is 59.7 Å². The van der Waals surface area contributed by atoms with Gasteiger partial charge in [0.25, 0.3) is 6.43 Å². The Morgan fingerprint density at radius 2 is 1.81 bits per heavy atom. The van der Waals surface area contributed by atoms with Crippen LogP contribution < -0.4 is 15.4 Å². The summed E-state index contributed by atoms with van der Waals surface area (Å²) in [4.78, 5) is 12.4. The fourth-order valence-corrected chi connectivity index (χ4v) is 5.28. The fraction of sp³-hybridized carbons (Fsp3) is 0.320. The SMILES string of the molecule is N=C(c1ccc(N2CC3(CN(CC(F)F)C3)C2)nc1)c1cc(OCc2c(Cl)cncc2Cl)ccc1N. The summed E-state index contributed by atoms with van der Waals surface area (Å²) >= 11 is 12.3. The monoisotopic (exact) mass is 532 g/mol. The summed E-state index contributed by atoms with van der Waals surface area (Å²) in [6.45, 7) is 2.99. The number of nitrogen functional groups attached to an aromatic ring is 1. The zero-order chi connectivity index (χ0) is 25.4. The van der Waals surface area contributed by atoms with Gasteiger partial charge in [0.1, 0.15) is 18.2 Å². The molecule has 3 aromatic rings. The summed E-state index contributed by atoms with van der Waals surface area (Å²) < 4.78 is 30.9. The third-order valence-corrected chi connectivity index (χ3v) is 7.21. The van der Waals surface area contributed by atoms with Crippen molar-refractivity contribution in [2.24, 2.45) is 5.41 Å². The molecule has 7 nitrogen and oxygen atoms in total. The van der Waals surface area contributed by atoms with E-state index in [9.17, 15) is 8.78 Å². The minimum atomic E-state index is -2.29. The van der Waals surface area contributed by atoms with Crippen LogP contribution in [0.5, 0.6) is 5.75 Å². The zero-order valence-corrected chi connectivity index (χ0v) is 20.7. The molecule has 1 aromatic carbocycles. The van der Waals surface area contributed by atoms with Gasteiger partial charge in [0.05, 0.1) is 22.3 Å². The molecule has 4 heterocycles. The minimum Gasteiger partial charge on any atom is -0.489 e. The van der Waals surface area contributed by atoms with Gasteiger partial charge in [0.2, 0.25) is 0 Å². The van der Waals surface area contributed by atoms with Gasteiger partial charge in [-0.1, -0.05) is 23.2 Å². The number of alkyl halides is 2. The number of pyridine rings is 2. The van der Waals surface area contributed by atoms with Crippen LogP contribution in [0.4, 0.5) is 20.3 Å². The van der Waals surface area contributed by atoms with Crippen LogP contribution in [0.2, 0.25) is 10.0 Å². The fourth-order valence-electron chi connectivity index (χ4n) is 4.80. The molecular formula is C25H24Cl2F2N6O. The largest absolute Gasteiger partial charge is 0.489 e. The number of ether oxygens (including phenoxy) is 1. The van der Waals surface area contributed by atoms with E-state index in [2.05, 4.69) is 14.9 Å². The number of likely N-dealkylation sites (tertiary alicyclic amines) is 1. The summed E-state index contributed by atoms with van der Waals surface area (Å²) in [7, 11) is 0. The molecule has 36 heavy (non-hydrogen) atoms. The second kappa shape index (κ2) is 9.80. The van der Waals surface area contributed by atoms with Crippen LogP contribution in [0.15, 0.2) is 48.9 Å². The van der Waals surface area contributed by atoms with E-state index in [1.807, 2.05) is 12.1 Å². The molecule has 2 aliphatic heterocycles. The number of hydrogen-bond donors (Lipinski definition) is 2. The van der Waals surface area contributed by atoms with Gasteiger partial charge in [0.15, 0.2) is 0 Å². The molecule has 5 rings (SSSR count). The standard InChI is InChI=1S/C25H24Cl2F2N6O/c26-19-7-32-8-20(27)18(19)10-36-16-2-3-21(30)17(5-16)24(31)15-1-4-23(33-6-15)35-13-25(14-35)11-34(12-25)9-22(28)29/h1-8,22,31H,9-14,30H2. The lowest BCUT2D eigenvalue weighted by Crippen LogP contribution is -2.72. The van der Waals surface area contributed by atoms with Gasteiger partial charge in [-0.25, -0.2) is 13.8 Å². The second-order valence-corrected chi connectivity index (χ2v) is 10.1. The quantitative estimate of drug-likeness (QED) is 0.321. The summed E-state index contributed by atoms with van der Waals surface area (Å²) in [5.74, 6) is 1.32. The highest BCUT2D eigenvalue weighted by molar-refractivity contribution is 6.35. The van der Waals surface area contributed by atoms with Gasteiger partial charge in [-0.2, -0.15) is 0 Å². The van der Waals surface area contributed by atoms with Gasteiger partial charge >= 0.3 is 0 Å². The van der Waals surface area contributed by atoms with E-state index in [0.29, 0.717) is 51.3 Å². The Hall–Kier alpha value is -3.01. The molecule has 2 aliphatic rings. The lowest BCUT2D eigenvalue weighted by molar-refractivity contribution is -0.0514.